The van der Waals surface area contributed by atoms with E-state index in [4.69, 9.17) is 4.74 Å². The molecule has 0 aliphatic carbocycles. The molecular weight excluding hydrogens is 144 g/mol. The topological polar surface area (TPSA) is 50.4 Å². The van der Waals surface area contributed by atoms with Crippen LogP contribution in [0.5, 0.6) is 0 Å². The summed E-state index contributed by atoms with van der Waals surface area (Å²) in [5.41, 5.74) is 0. The van der Waals surface area contributed by atoms with Gasteiger partial charge in [-0.2, -0.15) is 0 Å². The van der Waals surface area contributed by atoms with Crippen LogP contribution < -0.4 is 10.6 Å². The molecule has 2 aliphatic rings. The van der Waals surface area contributed by atoms with Crippen LogP contribution in [0.3, 0.4) is 0 Å². The monoisotopic (exact) mass is 156 g/mol. The highest BCUT2D eigenvalue weighted by molar-refractivity contribution is 5.82. The Hall–Kier alpha value is -0.610. The number of nitrogens with one attached hydrogen (secondary N) is 2. The van der Waals surface area contributed by atoms with Crippen LogP contribution in [0.4, 0.5) is 0 Å². The standard InChI is InChI=1S/C7H12N2O2/c10-7-6-5(1-2-9-7)8-3-4-11-6/h5-6,8H,1-4H2,(H,9,10). The number of piperidine rings is 1. The minimum Gasteiger partial charge on any atom is -0.365 e. The highest BCUT2D eigenvalue weighted by Crippen LogP contribution is 2.11. The van der Waals surface area contributed by atoms with Crippen LogP contribution in [0.15, 0.2) is 0 Å². The summed E-state index contributed by atoms with van der Waals surface area (Å²) in [6.45, 7) is 2.29. The first-order chi connectivity index (χ1) is 5.38. The Kier molecular flexibility index (Phi) is 1.79. The Morgan fingerprint density at radius 1 is 1.45 bits per heavy atom. The van der Waals surface area contributed by atoms with Crippen molar-refractivity contribution in [2.45, 2.75) is 18.6 Å². The molecule has 0 aromatic rings. The van der Waals surface area contributed by atoms with E-state index in [9.17, 15) is 4.79 Å². The van der Waals surface area contributed by atoms with Crippen molar-refractivity contribution in [3.05, 3.63) is 0 Å². The van der Waals surface area contributed by atoms with Gasteiger partial charge in [0.05, 0.1) is 6.61 Å². The Labute approximate surface area is 65.3 Å². The molecule has 2 atom stereocenters. The van der Waals surface area contributed by atoms with Gasteiger partial charge in [-0.3, -0.25) is 4.79 Å². The normalized spacial score (nSPS) is 37.6. The van der Waals surface area contributed by atoms with Gasteiger partial charge in [-0.1, -0.05) is 0 Å². The summed E-state index contributed by atoms with van der Waals surface area (Å²) < 4.78 is 5.32. The van der Waals surface area contributed by atoms with Gasteiger partial charge in [-0.15, -0.1) is 0 Å². The SMILES string of the molecule is O=C1NCCC2NCCOC12. The highest BCUT2D eigenvalue weighted by atomic mass is 16.5. The molecule has 2 saturated heterocycles. The molecule has 2 unspecified atom stereocenters. The molecule has 2 fully saturated rings. The third-order valence-electron chi connectivity index (χ3n) is 2.18. The van der Waals surface area contributed by atoms with Crippen LogP contribution in [0, 0.1) is 0 Å². The zero-order chi connectivity index (χ0) is 7.68. The third-order valence-corrected chi connectivity index (χ3v) is 2.18. The van der Waals surface area contributed by atoms with Crippen LogP contribution >= 0.6 is 0 Å². The lowest BCUT2D eigenvalue weighted by atomic mass is 10.0. The molecule has 11 heavy (non-hydrogen) atoms. The number of morpholine rings is 1. The van der Waals surface area contributed by atoms with Crippen molar-refractivity contribution in [2.24, 2.45) is 0 Å². The number of carbonyl (C=O) groups is 1. The summed E-state index contributed by atoms with van der Waals surface area (Å²) in [5, 5.41) is 6.04. The van der Waals surface area contributed by atoms with Gasteiger partial charge in [0.25, 0.3) is 5.91 Å². The van der Waals surface area contributed by atoms with E-state index in [1.807, 2.05) is 0 Å². The molecule has 62 valence electrons. The Balaban J connectivity index is 2.05. The Morgan fingerprint density at radius 2 is 2.36 bits per heavy atom. The summed E-state index contributed by atoms with van der Waals surface area (Å²) in [6.07, 6.45) is 0.744. The maximum Gasteiger partial charge on any atom is 0.250 e. The van der Waals surface area contributed by atoms with Crippen LogP contribution in [0.25, 0.3) is 0 Å². The maximum absolute atomic E-state index is 11.2. The molecular formula is C7H12N2O2. The maximum atomic E-state index is 11.2. The van der Waals surface area contributed by atoms with Gasteiger partial charge in [0, 0.05) is 19.1 Å². The van der Waals surface area contributed by atoms with Gasteiger partial charge in [-0.25, -0.2) is 0 Å². The molecule has 1 amide bonds. The second-order valence-corrected chi connectivity index (χ2v) is 2.93. The number of amides is 1. The second-order valence-electron chi connectivity index (χ2n) is 2.93. The first kappa shape index (κ1) is 7.06. The van der Waals surface area contributed by atoms with E-state index in [0.29, 0.717) is 6.61 Å². The molecule has 4 heteroatoms. The molecule has 0 radical (unpaired) electrons. The second kappa shape index (κ2) is 2.79. The van der Waals surface area contributed by atoms with Crippen LogP contribution in [0.2, 0.25) is 0 Å². The summed E-state index contributed by atoms with van der Waals surface area (Å²) in [5.74, 6) is 0.0356. The predicted octanol–water partition coefficient (Wildman–Crippen LogP) is -1.14. The van der Waals surface area contributed by atoms with E-state index in [2.05, 4.69) is 10.6 Å². The van der Waals surface area contributed by atoms with E-state index in [1.165, 1.54) is 0 Å². The number of fused-ring (bicyclic) bond motifs is 1. The van der Waals surface area contributed by atoms with Crippen LogP contribution in [0.1, 0.15) is 6.42 Å². The summed E-state index contributed by atoms with van der Waals surface area (Å²) in [6, 6.07) is 0.248. The molecule has 2 heterocycles. The van der Waals surface area contributed by atoms with Crippen LogP contribution in [-0.4, -0.2) is 37.7 Å². The van der Waals surface area contributed by atoms with Gasteiger partial charge in [0.2, 0.25) is 0 Å². The van der Waals surface area contributed by atoms with E-state index in [-0.39, 0.29) is 18.1 Å². The minimum atomic E-state index is -0.238. The van der Waals surface area contributed by atoms with Gasteiger partial charge in [-0.05, 0) is 6.42 Å². The molecule has 2 N–H and O–H groups in total. The Bertz CT molecular complexity index is 170. The zero-order valence-electron chi connectivity index (χ0n) is 6.30. The summed E-state index contributed by atoms with van der Waals surface area (Å²) >= 11 is 0. The van der Waals surface area contributed by atoms with Crippen molar-refractivity contribution >= 4 is 5.91 Å². The van der Waals surface area contributed by atoms with Crippen molar-refractivity contribution in [1.29, 1.82) is 0 Å². The molecule has 0 bridgehead atoms. The molecule has 4 nitrogen and oxygen atoms in total. The fourth-order valence-corrected chi connectivity index (χ4v) is 1.62. The highest BCUT2D eigenvalue weighted by Gasteiger charge is 2.34. The van der Waals surface area contributed by atoms with E-state index < -0.39 is 0 Å². The van der Waals surface area contributed by atoms with Gasteiger partial charge >= 0.3 is 0 Å². The van der Waals surface area contributed by atoms with Crippen molar-refractivity contribution in [2.75, 3.05) is 19.7 Å². The molecule has 2 rings (SSSR count). The van der Waals surface area contributed by atoms with Crippen molar-refractivity contribution in [3.63, 3.8) is 0 Å². The third kappa shape index (κ3) is 1.23. The van der Waals surface area contributed by atoms with Gasteiger partial charge < -0.3 is 15.4 Å². The average Bonchev–Trinajstić information content (AvgIpc) is 2.06. The number of ether oxygens (including phenoxy) is 1. The fraction of sp³-hybridized carbons (Fsp3) is 0.857. The minimum absolute atomic E-state index is 0.0356. The van der Waals surface area contributed by atoms with Gasteiger partial charge in [0.1, 0.15) is 0 Å². The quantitative estimate of drug-likeness (QED) is 0.466. The van der Waals surface area contributed by atoms with E-state index >= 15 is 0 Å². The number of carbonyl (C=O) groups excluding carboxylic acids is 1. The van der Waals surface area contributed by atoms with Crippen LogP contribution in [-0.2, 0) is 9.53 Å². The Morgan fingerprint density at radius 3 is 3.18 bits per heavy atom. The van der Waals surface area contributed by atoms with Crippen molar-refractivity contribution in [3.8, 4) is 0 Å². The lowest BCUT2D eigenvalue weighted by Crippen LogP contribution is -2.59. The van der Waals surface area contributed by atoms with Crippen molar-refractivity contribution < 1.29 is 9.53 Å². The first-order valence-electron chi connectivity index (χ1n) is 4.00. The van der Waals surface area contributed by atoms with Crippen molar-refractivity contribution in [1.82, 2.24) is 10.6 Å². The summed E-state index contributed by atoms with van der Waals surface area (Å²) in [4.78, 5) is 11.2. The van der Waals surface area contributed by atoms with Gasteiger partial charge in [0.15, 0.2) is 6.10 Å². The molecule has 0 aromatic carbocycles. The summed E-state index contributed by atoms with van der Waals surface area (Å²) in [7, 11) is 0. The predicted molar refractivity (Wildman–Crippen MR) is 39.2 cm³/mol. The average molecular weight is 156 g/mol. The molecule has 0 saturated carbocycles. The van der Waals surface area contributed by atoms with E-state index in [1.54, 1.807) is 0 Å². The molecule has 2 aliphatic heterocycles. The molecule has 0 spiro atoms. The zero-order valence-corrected chi connectivity index (χ0v) is 6.30. The van der Waals surface area contributed by atoms with E-state index in [0.717, 1.165) is 19.5 Å². The largest absolute Gasteiger partial charge is 0.365 e. The number of hydrogen-bond donors (Lipinski definition) is 2. The molecule has 0 aromatic heterocycles. The smallest absolute Gasteiger partial charge is 0.250 e. The number of rotatable bonds is 0. The fourth-order valence-electron chi connectivity index (χ4n) is 1.62. The number of hydrogen-bond acceptors (Lipinski definition) is 3. The first-order valence-corrected chi connectivity index (χ1v) is 4.00. The lowest BCUT2D eigenvalue weighted by molar-refractivity contribution is -0.140. The lowest BCUT2D eigenvalue weighted by Gasteiger charge is -2.35.